The summed E-state index contributed by atoms with van der Waals surface area (Å²) in [5, 5.41) is 13.5. The molecular formula is C15H25N3O. The topological polar surface area (TPSA) is 48.4 Å². The molecule has 1 atom stereocenters. The van der Waals surface area contributed by atoms with E-state index in [9.17, 15) is 5.11 Å². The molecule has 19 heavy (non-hydrogen) atoms. The highest BCUT2D eigenvalue weighted by atomic mass is 16.3. The zero-order valence-electron chi connectivity index (χ0n) is 12.0. The normalized spacial score (nSPS) is 20.3. The van der Waals surface area contributed by atoms with Crippen molar-refractivity contribution in [2.45, 2.75) is 44.8 Å². The van der Waals surface area contributed by atoms with Gasteiger partial charge in [-0.15, -0.1) is 0 Å². The third-order valence-corrected chi connectivity index (χ3v) is 4.06. The number of anilines is 1. The summed E-state index contributed by atoms with van der Waals surface area (Å²) in [4.78, 5) is 6.45. The molecule has 1 saturated heterocycles. The van der Waals surface area contributed by atoms with Gasteiger partial charge in [-0.3, -0.25) is 4.98 Å². The number of piperidine rings is 1. The first-order valence-electron chi connectivity index (χ1n) is 7.21. The van der Waals surface area contributed by atoms with Crippen LogP contribution in [0.4, 0.5) is 5.69 Å². The average Bonchev–Trinajstić information content (AvgIpc) is 2.47. The third-order valence-electron chi connectivity index (χ3n) is 4.06. The molecule has 106 valence electrons. The fourth-order valence-electron chi connectivity index (χ4n) is 2.39. The predicted octanol–water partition coefficient (Wildman–Crippen LogP) is 1.80. The standard InChI is InChI=1S/C15H25N3O/c1-3-15(2,19)12-17-13-6-10-18(11-7-13)14-4-8-16-9-5-14/h4-5,8-9,13,17,19H,3,6-7,10-12H2,1-2H3. The molecule has 0 amide bonds. The van der Waals surface area contributed by atoms with Gasteiger partial charge in [0, 0.05) is 43.8 Å². The third kappa shape index (κ3) is 4.18. The summed E-state index contributed by atoms with van der Waals surface area (Å²) in [6, 6.07) is 4.65. The molecule has 0 aromatic carbocycles. The van der Waals surface area contributed by atoms with Crippen LogP contribution in [0.25, 0.3) is 0 Å². The van der Waals surface area contributed by atoms with Gasteiger partial charge >= 0.3 is 0 Å². The van der Waals surface area contributed by atoms with Crippen molar-refractivity contribution in [1.82, 2.24) is 10.3 Å². The quantitative estimate of drug-likeness (QED) is 0.850. The SMILES string of the molecule is CCC(C)(O)CNC1CCN(c2ccncc2)CC1. The van der Waals surface area contributed by atoms with Crippen LogP contribution in [0.15, 0.2) is 24.5 Å². The largest absolute Gasteiger partial charge is 0.389 e. The number of rotatable bonds is 5. The highest BCUT2D eigenvalue weighted by Gasteiger charge is 2.23. The molecule has 4 heteroatoms. The van der Waals surface area contributed by atoms with Gasteiger partial charge in [-0.1, -0.05) is 6.92 Å². The van der Waals surface area contributed by atoms with Gasteiger partial charge in [-0.05, 0) is 38.3 Å². The fourth-order valence-corrected chi connectivity index (χ4v) is 2.39. The van der Waals surface area contributed by atoms with Gasteiger partial charge in [0.15, 0.2) is 0 Å². The highest BCUT2D eigenvalue weighted by Crippen LogP contribution is 2.19. The summed E-state index contributed by atoms with van der Waals surface area (Å²) in [7, 11) is 0. The van der Waals surface area contributed by atoms with Gasteiger partial charge in [-0.25, -0.2) is 0 Å². The highest BCUT2D eigenvalue weighted by molar-refractivity contribution is 5.44. The Bertz CT molecular complexity index is 372. The van der Waals surface area contributed by atoms with Crippen molar-refractivity contribution in [1.29, 1.82) is 0 Å². The molecule has 1 fully saturated rings. The number of aromatic nitrogens is 1. The van der Waals surface area contributed by atoms with Crippen LogP contribution in [0.5, 0.6) is 0 Å². The molecule has 0 spiro atoms. The molecule has 0 radical (unpaired) electrons. The summed E-state index contributed by atoms with van der Waals surface area (Å²) in [5.41, 5.74) is 0.677. The van der Waals surface area contributed by atoms with E-state index in [-0.39, 0.29) is 0 Å². The van der Waals surface area contributed by atoms with Gasteiger partial charge in [-0.2, -0.15) is 0 Å². The fraction of sp³-hybridized carbons (Fsp3) is 0.667. The number of aliphatic hydroxyl groups is 1. The summed E-state index contributed by atoms with van der Waals surface area (Å²) in [5.74, 6) is 0. The molecule has 2 heterocycles. The maximum atomic E-state index is 10.0. The Labute approximate surface area is 115 Å². The zero-order valence-corrected chi connectivity index (χ0v) is 12.0. The monoisotopic (exact) mass is 263 g/mol. The molecule has 1 unspecified atom stereocenters. The molecule has 0 aliphatic carbocycles. The Morgan fingerprint density at radius 1 is 1.37 bits per heavy atom. The second kappa shape index (κ2) is 6.35. The summed E-state index contributed by atoms with van der Waals surface area (Å²) in [6.07, 6.45) is 6.73. The Kier molecular flexibility index (Phi) is 4.77. The molecule has 2 N–H and O–H groups in total. The van der Waals surface area contributed by atoms with Crippen LogP contribution in [0.3, 0.4) is 0 Å². The van der Waals surface area contributed by atoms with Crippen LogP contribution in [-0.2, 0) is 0 Å². The molecular weight excluding hydrogens is 238 g/mol. The number of nitrogens with one attached hydrogen (secondary N) is 1. The first-order valence-corrected chi connectivity index (χ1v) is 7.21. The van der Waals surface area contributed by atoms with Crippen LogP contribution in [-0.4, -0.2) is 41.4 Å². The van der Waals surface area contributed by atoms with Crippen molar-refractivity contribution >= 4 is 5.69 Å². The van der Waals surface area contributed by atoms with E-state index in [2.05, 4.69) is 27.3 Å². The molecule has 1 aliphatic rings. The van der Waals surface area contributed by atoms with E-state index >= 15 is 0 Å². The van der Waals surface area contributed by atoms with E-state index in [1.807, 2.05) is 26.2 Å². The lowest BCUT2D eigenvalue weighted by Gasteiger charge is -2.35. The minimum atomic E-state index is -0.581. The smallest absolute Gasteiger partial charge is 0.0741 e. The maximum Gasteiger partial charge on any atom is 0.0741 e. The average molecular weight is 263 g/mol. The molecule has 1 aromatic heterocycles. The Morgan fingerprint density at radius 2 is 2.00 bits per heavy atom. The molecule has 4 nitrogen and oxygen atoms in total. The van der Waals surface area contributed by atoms with E-state index in [1.165, 1.54) is 5.69 Å². The minimum absolute atomic E-state index is 0.524. The van der Waals surface area contributed by atoms with Crippen LogP contribution in [0.2, 0.25) is 0 Å². The number of hydrogen-bond acceptors (Lipinski definition) is 4. The summed E-state index contributed by atoms with van der Waals surface area (Å²) in [6.45, 7) is 6.73. The second-order valence-corrected chi connectivity index (χ2v) is 5.70. The summed E-state index contributed by atoms with van der Waals surface area (Å²) >= 11 is 0. The van der Waals surface area contributed by atoms with Crippen molar-refractivity contribution in [3.63, 3.8) is 0 Å². The first kappa shape index (κ1) is 14.3. The van der Waals surface area contributed by atoms with Crippen LogP contribution < -0.4 is 10.2 Å². The molecule has 2 rings (SSSR count). The molecule has 1 aliphatic heterocycles. The van der Waals surface area contributed by atoms with Gasteiger partial charge in [0.05, 0.1) is 5.60 Å². The van der Waals surface area contributed by atoms with Crippen LogP contribution >= 0.6 is 0 Å². The van der Waals surface area contributed by atoms with Gasteiger partial charge in [0.2, 0.25) is 0 Å². The van der Waals surface area contributed by atoms with Crippen LogP contribution in [0, 0.1) is 0 Å². The Morgan fingerprint density at radius 3 is 2.58 bits per heavy atom. The first-order chi connectivity index (χ1) is 9.11. The lowest BCUT2D eigenvalue weighted by molar-refractivity contribution is 0.0519. The van der Waals surface area contributed by atoms with Gasteiger partial charge < -0.3 is 15.3 Å². The predicted molar refractivity (Wildman–Crippen MR) is 78.4 cm³/mol. The van der Waals surface area contributed by atoms with Crippen molar-refractivity contribution in [3.05, 3.63) is 24.5 Å². The lowest BCUT2D eigenvalue weighted by atomic mass is 10.0. The number of nitrogens with zero attached hydrogens (tertiary/aromatic N) is 2. The van der Waals surface area contributed by atoms with Crippen molar-refractivity contribution in [2.24, 2.45) is 0 Å². The second-order valence-electron chi connectivity index (χ2n) is 5.70. The van der Waals surface area contributed by atoms with Gasteiger partial charge in [0.25, 0.3) is 0 Å². The molecule has 0 saturated carbocycles. The van der Waals surface area contributed by atoms with Crippen LogP contribution in [0.1, 0.15) is 33.1 Å². The number of pyridine rings is 1. The van der Waals surface area contributed by atoms with E-state index in [4.69, 9.17) is 0 Å². The molecule has 0 bridgehead atoms. The minimum Gasteiger partial charge on any atom is -0.389 e. The van der Waals surface area contributed by atoms with Crippen molar-refractivity contribution < 1.29 is 5.11 Å². The number of hydrogen-bond donors (Lipinski definition) is 2. The lowest BCUT2D eigenvalue weighted by Crippen LogP contribution is -2.47. The zero-order chi connectivity index (χ0) is 13.7. The van der Waals surface area contributed by atoms with E-state index < -0.39 is 5.60 Å². The Balaban J connectivity index is 1.77. The molecule has 1 aromatic rings. The van der Waals surface area contributed by atoms with E-state index in [0.717, 1.165) is 32.4 Å². The Hall–Kier alpha value is -1.13. The van der Waals surface area contributed by atoms with E-state index in [0.29, 0.717) is 12.6 Å². The van der Waals surface area contributed by atoms with Crippen molar-refractivity contribution in [2.75, 3.05) is 24.5 Å². The van der Waals surface area contributed by atoms with Crippen molar-refractivity contribution in [3.8, 4) is 0 Å². The summed E-state index contributed by atoms with van der Waals surface area (Å²) < 4.78 is 0. The van der Waals surface area contributed by atoms with Gasteiger partial charge in [0.1, 0.15) is 0 Å². The maximum absolute atomic E-state index is 10.0. The van der Waals surface area contributed by atoms with E-state index in [1.54, 1.807) is 0 Å².